The Morgan fingerprint density at radius 3 is 1.69 bits per heavy atom. The molecule has 0 amide bonds. The predicted octanol–water partition coefficient (Wildman–Crippen LogP) is 11.3. The van der Waals surface area contributed by atoms with Crippen molar-refractivity contribution in [2.24, 2.45) is 0 Å². The maximum absolute atomic E-state index is 6.70. The van der Waals surface area contributed by atoms with Gasteiger partial charge in [0.15, 0.2) is 17.5 Å². The molecule has 1 aliphatic heterocycles. The zero-order valence-electron chi connectivity index (χ0n) is 27.6. The maximum atomic E-state index is 6.70. The normalized spacial score (nSPS) is 16.0. The molecule has 0 spiro atoms. The molecular weight excluding hydrogens is 623 g/mol. The van der Waals surface area contributed by atoms with Gasteiger partial charge < -0.3 is 4.74 Å². The topological polar surface area (TPSA) is 47.9 Å². The minimum atomic E-state index is -0.147. The molecule has 2 unspecified atom stereocenters. The lowest BCUT2D eigenvalue weighted by Crippen LogP contribution is -2.17. The van der Waals surface area contributed by atoms with Gasteiger partial charge in [-0.25, -0.2) is 15.0 Å². The lowest BCUT2D eigenvalue weighted by molar-refractivity contribution is 0.269. The fraction of sp³-hybridized carbons (Fsp3) is 0.0426. The molecule has 0 bridgehead atoms. The number of hydrogen-bond donors (Lipinski definition) is 0. The standard InChI is InChI=1S/C47H31N3O/c1-2-13-32(14-3-1)38-17-8-9-18-39(38)35-25-26-40-43(29-35)51-42-20-10-19-41(44(40)42)47-49-45(36-23-21-30-11-4-6-15-33(30)27-36)48-46(50-47)37-24-22-31-12-5-7-16-34(31)28-37/h1-29,40,43H. The molecular formula is C47H31N3O. The lowest BCUT2D eigenvalue weighted by Gasteiger charge is -2.21. The van der Waals surface area contributed by atoms with E-state index in [-0.39, 0.29) is 12.0 Å². The molecule has 8 aromatic rings. The largest absolute Gasteiger partial charge is 0.485 e. The average molecular weight is 654 g/mol. The first-order valence-corrected chi connectivity index (χ1v) is 17.3. The van der Waals surface area contributed by atoms with E-state index in [1.165, 1.54) is 27.5 Å². The van der Waals surface area contributed by atoms with E-state index in [0.29, 0.717) is 17.5 Å². The fourth-order valence-electron chi connectivity index (χ4n) is 7.55. The highest BCUT2D eigenvalue weighted by atomic mass is 16.5. The summed E-state index contributed by atoms with van der Waals surface area (Å²) in [5.74, 6) is 2.80. The third-order valence-corrected chi connectivity index (χ3v) is 10.1. The zero-order valence-corrected chi connectivity index (χ0v) is 27.6. The minimum Gasteiger partial charge on any atom is -0.485 e. The first-order valence-electron chi connectivity index (χ1n) is 17.3. The maximum Gasteiger partial charge on any atom is 0.164 e. The van der Waals surface area contributed by atoms with Crippen molar-refractivity contribution in [3.63, 3.8) is 0 Å². The van der Waals surface area contributed by atoms with Crippen molar-refractivity contribution in [3.8, 4) is 51.0 Å². The highest BCUT2D eigenvalue weighted by Gasteiger charge is 2.36. The molecule has 4 heteroatoms. The summed E-state index contributed by atoms with van der Waals surface area (Å²) in [4.78, 5) is 15.4. The van der Waals surface area contributed by atoms with Crippen molar-refractivity contribution in [1.29, 1.82) is 0 Å². The number of nitrogens with zero attached hydrogens (tertiary/aromatic N) is 3. The summed E-state index contributed by atoms with van der Waals surface area (Å²) in [7, 11) is 0. The second-order valence-corrected chi connectivity index (χ2v) is 13.1. The van der Waals surface area contributed by atoms with Crippen LogP contribution in [-0.4, -0.2) is 21.1 Å². The van der Waals surface area contributed by atoms with E-state index in [1.54, 1.807) is 0 Å². The Kier molecular flexibility index (Phi) is 6.91. The first-order chi connectivity index (χ1) is 25.2. The molecule has 51 heavy (non-hydrogen) atoms. The summed E-state index contributed by atoms with van der Waals surface area (Å²) in [5, 5.41) is 4.64. The Morgan fingerprint density at radius 2 is 1.00 bits per heavy atom. The SMILES string of the molecule is C1=CC2c3c(cccc3-c3nc(-c4ccc5ccccc5c4)nc(-c4ccc5ccccc5c4)n3)OC2C=C1c1ccccc1-c1ccccc1. The van der Waals surface area contributed by atoms with Gasteiger partial charge in [-0.15, -0.1) is 0 Å². The van der Waals surface area contributed by atoms with E-state index >= 15 is 0 Å². The van der Waals surface area contributed by atoms with Crippen molar-refractivity contribution >= 4 is 27.1 Å². The summed E-state index contributed by atoms with van der Waals surface area (Å²) in [6.45, 7) is 0. The number of allylic oxidation sites excluding steroid dienone is 2. The Morgan fingerprint density at radius 1 is 0.431 bits per heavy atom. The fourth-order valence-corrected chi connectivity index (χ4v) is 7.55. The minimum absolute atomic E-state index is 0.0221. The van der Waals surface area contributed by atoms with Gasteiger partial charge in [-0.2, -0.15) is 0 Å². The monoisotopic (exact) mass is 653 g/mol. The molecule has 2 atom stereocenters. The molecule has 2 heterocycles. The average Bonchev–Trinajstić information content (AvgIpc) is 3.59. The molecule has 4 nitrogen and oxygen atoms in total. The molecule has 0 radical (unpaired) electrons. The van der Waals surface area contributed by atoms with Gasteiger partial charge in [0.05, 0.1) is 0 Å². The Balaban J connectivity index is 1.09. The third kappa shape index (κ3) is 5.20. The number of ether oxygens (including phenoxy) is 1. The summed E-state index contributed by atoms with van der Waals surface area (Å²) in [5.41, 5.74) is 8.70. The van der Waals surface area contributed by atoms with Crippen LogP contribution in [0.2, 0.25) is 0 Å². The van der Waals surface area contributed by atoms with E-state index in [0.717, 1.165) is 44.3 Å². The van der Waals surface area contributed by atoms with Gasteiger partial charge in [0.1, 0.15) is 11.9 Å². The van der Waals surface area contributed by atoms with E-state index in [4.69, 9.17) is 19.7 Å². The van der Waals surface area contributed by atoms with Crippen LogP contribution in [0.25, 0.3) is 72.4 Å². The second-order valence-electron chi connectivity index (χ2n) is 13.1. The van der Waals surface area contributed by atoms with Crippen molar-refractivity contribution < 1.29 is 4.74 Å². The van der Waals surface area contributed by atoms with Crippen molar-refractivity contribution in [2.45, 2.75) is 12.0 Å². The van der Waals surface area contributed by atoms with Crippen LogP contribution < -0.4 is 4.74 Å². The zero-order chi connectivity index (χ0) is 33.7. The van der Waals surface area contributed by atoms with E-state index in [9.17, 15) is 0 Å². The van der Waals surface area contributed by atoms with Crippen molar-refractivity contribution in [2.75, 3.05) is 0 Å². The molecule has 0 saturated carbocycles. The molecule has 1 aromatic heterocycles. The molecule has 0 fully saturated rings. The lowest BCUT2D eigenvalue weighted by atomic mass is 9.84. The molecule has 240 valence electrons. The highest BCUT2D eigenvalue weighted by Crippen LogP contribution is 2.48. The number of benzene rings is 7. The summed E-state index contributed by atoms with van der Waals surface area (Å²) < 4.78 is 6.70. The second kappa shape index (κ2) is 12.0. The summed E-state index contributed by atoms with van der Waals surface area (Å²) in [6.07, 6.45) is 6.65. The Hall–Kier alpha value is -6.65. The van der Waals surface area contributed by atoms with Crippen molar-refractivity contribution in [3.05, 3.63) is 187 Å². The molecule has 2 aliphatic rings. The Labute approximate surface area is 296 Å². The number of rotatable bonds is 5. The number of aromatic nitrogens is 3. The van der Waals surface area contributed by atoms with Crippen LogP contribution in [-0.2, 0) is 0 Å². The van der Waals surface area contributed by atoms with E-state index in [1.807, 2.05) is 6.07 Å². The van der Waals surface area contributed by atoms with Crippen LogP contribution in [0.15, 0.2) is 176 Å². The molecule has 7 aromatic carbocycles. The van der Waals surface area contributed by atoms with Gasteiger partial charge in [0.25, 0.3) is 0 Å². The van der Waals surface area contributed by atoms with Gasteiger partial charge in [-0.3, -0.25) is 0 Å². The van der Waals surface area contributed by atoms with Gasteiger partial charge >= 0.3 is 0 Å². The number of fused-ring (bicyclic) bond motifs is 5. The molecule has 0 N–H and O–H groups in total. The first kappa shape index (κ1) is 29.3. The van der Waals surface area contributed by atoms with Gasteiger partial charge in [-0.05, 0) is 68.1 Å². The van der Waals surface area contributed by atoms with Crippen LogP contribution in [0.1, 0.15) is 17.0 Å². The smallest absolute Gasteiger partial charge is 0.164 e. The highest BCUT2D eigenvalue weighted by molar-refractivity contribution is 5.89. The van der Waals surface area contributed by atoms with Gasteiger partial charge in [0.2, 0.25) is 0 Å². The van der Waals surface area contributed by atoms with Crippen LogP contribution in [0.4, 0.5) is 0 Å². The number of hydrogen-bond acceptors (Lipinski definition) is 4. The van der Waals surface area contributed by atoms with Crippen LogP contribution >= 0.6 is 0 Å². The predicted molar refractivity (Wildman–Crippen MR) is 207 cm³/mol. The Bertz CT molecular complexity index is 2600. The van der Waals surface area contributed by atoms with E-state index < -0.39 is 0 Å². The third-order valence-electron chi connectivity index (χ3n) is 10.1. The molecule has 1 aliphatic carbocycles. The summed E-state index contributed by atoms with van der Waals surface area (Å²) >= 11 is 0. The van der Waals surface area contributed by atoms with E-state index in [2.05, 4.69) is 170 Å². The van der Waals surface area contributed by atoms with Gasteiger partial charge in [0, 0.05) is 28.2 Å². The summed E-state index contributed by atoms with van der Waals surface area (Å²) in [6, 6.07) is 54.9. The van der Waals surface area contributed by atoms with Crippen LogP contribution in [0.5, 0.6) is 5.75 Å². The van der Waals surface area contributed by atoms with Crippen LogP contribution in [0, 0.1) is 0 Å². The molecule has 10 rings (SSSR count). The quantitative estimate of drug-likeness (QED) is 0.185. The molecule has 0 saturated heterocycles. The van der Waals surface area contributed by atoms with Gasteiger partial charge in [-0.1, -0.05) is 152 Å². The van der Waals surface area contributed by atoms with Crippen molar-refractivity contribution in [1.82, 2.24) is 15.0 Å². The van der Waals surface area contributed by atoms with Crippen LogP contribution in [0.3, 0.4) is 0 Å².